The summed E-state index contributed by atoms with van der Waals surface area (Å²) < 4.78 is 5.08. The van der Waals surface area contributed by atoms with Crippen LogP contribution >= 0.6 is 11.6 Å². The van der Waals surface area contributed by atoms with Crippen LogP contribution in [0, 0.1) is 0 Å². The minimum absolute atomic E-state index is 0.0885. The van der Waals surface area contributed by atoms with Gasteiger partial charge in [-0.25, -0.2) is 4.98 Å². The van der Waals surface area contributed by atoms with Crippen LogP contribution in [-0.2, 0) is 5.41 Å². The molecule has 2 aromatic rings. The molecule has 0 saturated heterocycles. The van der Waals surface area contributed by atoms with Crippen LogP contribution < -0.4 is 4.74 Å². The summed E-state index contributed by atoms with van der Waals surface area (Å²) in [6.07, 6.45) is -0.801. The third kappa shape index (κ3) is 3.55. The largest absolute Gasteiger partial charge is 0.480 e. The van der Waals surface area contributed by atoms with Crippen molar-refractivity contribution >= 4 is 11.6 Å². The van der Waals surface area contributed by atoms with Gasteiger partial charge in [0.1, 0.15) is 11.1 Å². The molecule has 0 aliphatic carbocycles. The number of methoxy groups -OCH3 is 1. The maximum Gasteiger partial charge on any atom is 0.232 e. The lowest BCUT2D eigenvalue weighted by molar-refractivity contribution is 0.213. The number of aromatic nitrogens is 1. The molecule has 0 radical (unpaired) electrons. The second kappa shape index (κ2) is 6.04. The lowest BCUT2D eigenvalue weighted by atomic mass is 9.86. The minimum Gasteiger partial charge on any atom is -0.480 e. The quantitative estimate of drug-likeness (QED) is 0.927. The number of hydrogen-bond donors (Lipinski definition) is 1. The van der Waals surface area contributed by atoms with Gasteiger partial charge in [-0.05, 0) is 28.7 Å². The number of rotatable bonds is 3. The van der Waals surface area contributed by atoms with Gasteiger partial charge in [0.15, 0.2) is 0 Å². The highest BCUT2D eigenvalue weighted by Gasteiger charge is 2.17. The minimum atomic E-state index is -0.801. The summed E-state index contributed by atoms with van der Waals surface area (Å²) in [4.78, 5) is 4.23. The second-order valence-corrected chi connectivity index (χ2v) is 6.41. The molecular formula is C17H20ClNO2. The fraction of sp³-hybridized carbons (Fsp3) is 0.353. The first-order valence-corrected chi connectivity index (χ1v) is 7.19. The molecule has 1 atom stereocenters. The maximum absolute atomic E-state index is 10.4. The Morgan fingerprint density at radius 2 is 1.71 bits per heavy atom. The summed E-state index contributed by atoms with van der Waals surface area (Å²) in [5.74, 6) is 0.319. The third-order valence-electron chi connectivity index (χ3n) is 3.40. The summed E-state index contributed by atoms with van der Waals surface area (Å²) in [5, 5.41) is 10.9. The van der Waals surface area contributed by atoms with E-state index in [1.165, 1.54) is 12.7 Å². The molecule has 0 aliphatic heterocycles. The van der Waals surface area contributed by atoms with Gasteiger partial charge in [0.25, 0.3) is 0 Å². The van der Waals surface area contributed by atoms with Crippen LogP contribution in [0.2, 0.25) is 5.02 Å². The van der Waals surface area contributed by atoms with Crippen LogP contribution in [0.3, 0.4) is 0 Å². The van der Waals surface area contributed by atoms with Gasteiger partial charge in [0.05, 0.1) is 12.8 Å². The summed E-state index contributed by atoms with van der Waals surface area (Å²) in [5.41, 5.74) is 2.62. The zero-order valence-electron chi connectivity index (χ0n) is 12.7. The lowest BCUT2D eigenvalue weighted by Gasteiger charge is -2.20. The first kappa shape index (κ1) is 15.8. The van der Waals surface area contributed by atoms with Crippen LogP contribution in [0.4, 0.5) is 0 Å². The number of pyridine rings is 1. The number of benzene rings is 1. The average molecular weight is 306 g/mol. The molecule has 1 unspecified atom stereocenters. The topological polar surface area (TPSA) is 42.4 Å². The van der Waals surface area contributed by atoms with Crippen LogP contribution in [0.5, 0.6) is 5.88 Å². The van der Waals surface area contributed by atoms with E-state index < -0.39 is 6.10 Å². The molecule has 3 nitrogen and oxygen atoms in total. The van der Waals surface area contributed by atoms with Gasteiger partial charge in [-0.15, -0.1) is 0 Å². The predicted octanol–water partition coefficient (Wildman–Crippen LogP) is 4.12. The highest BCUT2D eigenvalue weighted by Crippen LogP contribution is 2.29. The Balaban J connectivity index is 2.29. The molecule has 2 rings (SSSR count). The van der Waals surface area contributed by atoms with Crippen molar-refractivity contribution in [2.45, 2.75) is 32.3 Å². The highest BCUT2D eigenvalue weighted by atomic mass is 35.5. The molecule has 4 heteroatoms. The molecule has 0 saturated carbocycles. The molecular weight excluding hydrogens is 286 g/mol. The van der Waals surface area contributed by atoms with Crippen molar-refractivity contribution in [1.29, 1.82) is 0 Å². The lowest BCUT2D eigenvalue weighted by Crippen LogP contribution is -2.11. The van der Waals surface area contributed by atoms with Gasteiger partial charge in [0, 0.05) is 0 Å². The first-order valence-electron chi connectivity index (χ1n) is 6.82. The number of halogens is 1. The molecule has 1 N–H and O–H groups in total. The standard InChI is InChI=1S/C17H20ClNO2/c1-17(2,3)12-7-5-11(6-8-12)15(20)14-10-9-13(18)16(19-14)21-4/h5-10,15,20H,1-4H3. The maximum atomic E-state index is 10.4. The number of ether oxygens (including phenoxy) is 1. The van der Waals surface area contributed by atoms with Crippen molar-refractivity contribution < 1.29 is 9.84 Å². The number of nitrogens with zero attached hydrogens (tertiary/aromatic N) is 1. The predicted molar refractivity (Wildman–Crippen MR) is 85.0 cm³/mol. The SMILES string of the molecule is COc1nc(C(O)c2ccc(C(C)(C)C)cc2)ccc1Cl. The van der Waals surface area contributed by atoms with Crippen LogP contribution in [0.25, 0.3) is 0 Å². The van der Waals surface area contributed by atoms with E-state index in [1.807, 2.05) is 24.3 Å². The van der Waals surface area contributed by atoms with E-state index in [9.17, 15) is 5.11 Å². The molecule has 0 bridgehead atoms. The Hall–Kier alpha value is -1.58. The molecule has 0 fully saturated rings. The molecule has 21 heavy (non-hydrogen) atoms. The first-order chi connectivity index (χ1) is 9.82. The molecule has 0 spiro atoms. The van der Waals surface area contributed by atoms with Gasteiger partial charge in [-0.3, -0.25) is 0 Å². The van der Waals surface area contributed by atoms with Crippen molar-refractivity contribution in [1.82, 2.24) is 4.98 Å². The van der Waals surface area contributed by atoms with E-state index in [0.29, 0.717) is 16.6 Å². The Morgan fingerprint density at radius 3 is 2.24 bits per heavy atom. The fourth-order valence-electron chi connectivity index (χ4n) is 2.07. The van der Waals surface area contributed by atoms with E-state index in [2.05, 4.69) is 25.8 Å². The van der Waals surface area contributed by atoms with Gasteiger partial charge < -0.3 is 9.84 Å². The van der Waals surface area contributed by atoms with E-state index in [1.54, 1.807) is 12.1 Å². The van der Waals surface area contributed by atoms with E-state index in [-0.39, 0.29) is 5.41 Å². The average Bonchev–Trinajstić information content (AvgIpc) is 2.46. The Kier molecular flexibility index (Phi) is 4.55. The van der Waals surface area contributed by atoms with Crippen molar-refractivity contribution in [2.24, 2.45) is 0 Å². The molecule has 0 aliphatic rings. The summed E-state index contributed by atoms with van der Waals surface area (Å²) in [6, 6.07) is 11.3. The normalized spacial score (nSPS) is 13.0. The van der Waals surface area contributed by atoms with Crippen LogP contribution in [0.1, 0.15) is 43.7 Å². The zero-order valence-corrected chi connectivity index (χ0v) is 13.5. The van der Waals surface area contributed by atoms with Crippen LogP contribution in [0.15, 0.2) is 36.4 Å². The van der Waals surface area contributed by atoms with E-state index in [4.69, 9.17) is 16.3 Å². The van der Waals surface area contributed by atoms with Crippen molar-refractivity contribution in [2.75, 3.05) is 7.11 Å². The van der Waals surface area contributed by atoms with Gasteiger partial charge >= 0.3 is 0 Å². The monoisotopic (exact) mass is 305 g/mol. The third-order valence-corrected chi connectivity index (χ3v) is 3.69. The number of aliphatic hydroxyl groups excluding tert-OH is 1. The molecule has 1 aromatic carbocycles. The van der Waals surface area contributed by atoms with Gasteiger partial charge in [-0.1, -0.05) is 56.6 Å². The highest BCUT2D eigenvalue weighted by molar-refractivity contribution is 6.31. The van der Waals surface area contributed by atoms with E-state index >= 15 is 0 Å². The Morgan fingerprint density at radius 1 is 1.10 bits per heavy atom. The van der Waals surface area contributed by atoms with Gasteiger partial charge in [0.2, 0.25) is 5.88 Å². The van der Waals surface area contributed by atoms with Crippen molar-refractivity contribution in [3.05, 3.63) is 58.2 Å². The zero-order chi connectivity index (χ0) is 15.6. The second-order valence-electron chi connectivity index (χ2n) is 6.00. The summed E-state index contributed by atoms with van der Waals surface area (Å²) in [7, 11) is 1.50. The summed E-state index contributed by atoms with van der Waals surface area (Å²) >= 11 is 5.95. The van der Waals surface area contributed by atoms with Gasteiger partial charge in [-0.2, -0.15) is 0 Å². The number of aliphatic hydroxyl groups is 1. The van der Waals surface area contributed by atoms with Crippen molar-refractivity contribution in [3.8, 4) is 5.88 Å². The molecule has 1 aromatic heterocycles. The number of hydrogen-bond acceptors (Lipinski definition) is 3. The van der Waals surface area contributed by atoms with E-state index in [0.717, 1.165) is 5.56 Å². The molecule has 112 valence electrons. The van der Waals surface area contributed by atoms with Crippen molar-refractivity contribution in [3.63, 3.8) is 0 Å². The molecule has 0 amide bonds. The Bertz CT molecular complexity index is 618. The van der Waals surface area contributed by atoms with Crippen LogP contribution in [-0.4, -0.2) is 17.2 Å². The molecule has 1 heterocycles. The summed E-state index contributed by atoms with van der Waals surface area (Å²) in [6.45, 7) is 6.47. The Labute approximate surface area is 130 Å². The fourth-order valence-corrected chi connectivity index (χ4v) is 2.25. The smallest absolute Gasteiger partial charge is 0.232 e.